The van der Waals surface area contributed by atoms with Gasteiger partial charge >= 0.3 is 5.97 Å². The van der Waals surface area contributed by atoms with Gasteiger partial charge in [-0.2, -0.15) is 0 Å². The maximum atomic E-state index is 12.3. The van der Waals surface area contributed by atoms with Crippen LogP contribution in [-0.4, -0.2) is 48.6 Å². The van der Waals surface area contributed by atoms with E-state index in [1.165, 1.54) is 0 Å². The second kappa shape index (κ2) is 8.43. The van der Waals surface area contributed by atoms with Crippen LogP contribution in [0, 0.1) is 0 Å². The number of hydrogen-bond acceptors (Lipinski definition) is 6. The standard InChI is InChI=1S/C20H27ClO6/c1-12-5-4-6-13(21)7-8-14-9-16(26-18(23)10-15(12)22)19(25-14)17-11-24-20(2,3)27-17/h5-6,14,16-17,19H,4,7-11H2,1-3H3/b12-5+,13-6+/t14-,16+,17-,19-/m0/s1. The third kappa shape index (κ3) is 5.41. The largest absolute Gasteiger partial charge is 0.459 e. The molecule has 0 N–H and O–H groups in total. The summed E-state index contributed by atoms with van der Waals surface area (Å²) >= 11 is 6.29. The Balaban J connectivity index is 1.77. The predicted octanol–water partition coefficient (Wildman–Crippen LogP) is 3.42. The summed E-state index contributed by atoms with van der Waals surface area (Å²) in [7, 11) is 0. The molecule has 3 aliphatic rings. The van der Waals surface area contributed by atoms with E-state index in [-0.39, 0.29) is 24.4 Å². The van der Waals surface area contributed by atoms with E-state index in [1.54, 1.807) is 13.0 Å². The summed E-state index contributed by atoms with van der Waals surface area (Å²) in [5, 5.41) is 0.741. The molecule has 3 rings (SSSR count). The van der Waals surface area contributed by atoms with Crippen molar-refractivity contribution in [3.05, 3.63) is 22.8 Å². The first kappa shape index (κ1) is 20.5. The average molecular weight is 399 g/mol. The van der Waals surface area contributed by atoms with Gasteiger partial charge in [-0.1, -0.05) is 23.8 Å². The molecule has 0 spiro atoms. The lowest BCUT2D eigenvalue weighted by Gasteiger charge is -2.25. The molecule has 0 amide bonds. The van der Waals surface area contributed by atoms with Gasteiger partial charge in [-0.15, -0.1) is 0 Å². The highest BCUT2D eigenvalue weighted by molar-refractivity contribution is 6.29. The molecular weight excluding hydrogens is 372 g/mol. The first-order valence-corrected chi connectivity index (χ1v) is 9.82. The number of Topliss-reactive ketones (excluding diaryl/α,β-unsaturated/α-hetero) is 1. The van der Waals surface area contributed by atoms with Gasteiger partial charge in [0.25, 0.3) is 0 Å². The Morgan fingerprint density at radius 3 is 2.67 bits per heavy atom. The van der Waals surface area contributed by atoms with Crippen molar-refractivity contribution in [1.82, 2.24) is 0 Å². The van der Waals surface area contributed by atoms with Crippen LogP contribution in [-0.2, 0) is 28.5 Å². The second-order valence-corrected chi connectivity index (χ2v) is 8.25. The van der Waals surface area contributed by atoms with Crippen LogP contribution in [0.3, 0.4) is 0 Å². The molecule has 0 aromatic heterocycles. The van der Waals surface area contributed by atoms with Crippen LogP contribution in [0.1, 0.15) is 52.9 Å². The first-order chi connectivity index (χ1) is 12.7. The van der Waals surface area contributed by atoms with E-state index in [0.29, 0.717) is 31.4 Å². The lowest BCUT2D eigenvalue weighted by atomic mass is 10.0. The number of hydrogen-bond donors (Lipinski definition) is 0. The van der Waals surface area contributed by atoms with E-state index in [0.717, 1.165) is 11.5 Å². The summed E-state index contributed by atoms with van der Waals surface area (Å²) in [5.74, 6) is -1.46. The molecule has 3 aliphatic heterocycles. The van der Waals surface area contributed by atoms with Crippen molar-refractivity contribution in [3.63, 3.8) is 0 Å². The van der Waals surface area contributed by atoms with E-state index < -0.39 is 24.0 Å². The van der Waals surface area contributed by atoms with Gasteiger partial charge in [0.05, 0.1) is 12.7 Å². The van der Waals surface area contributed by atoms with Crippen molar-refractivity contribution in [2.75, 3.05) is 6.61 Å². The summed E-state index contributed by atoms with van der Waals surface area (Å²) in [5.41, 5.74) is 0.538. The van der Waals surface area contributed by atoms with Gasteiger partial charge in [-0.3, -0.25) is 9.59 Å². The minimum absolute atomic E-state index is 0.0850. The van der Waals surface area contributed by atoms with Crippen molar-refractivity contribution in [2.45, 2.75) is 83.1 Å². The minimum atomic E-state index is -0.691. The van der Waals surface area contributed by atoms with Gasteiger partial charge < -0.3 is 18.9 Å². The van der Waals surface area contributed by atoms with E-state index in [9.17, 15) is 9.59 Å². The zero-order valence-corrected chi connectivity index (χ0v) is 16.8. The third-order valence-electron chi connectivity index (χ3n) is 5.10. The minimum Gasteiger partial charge on any atom is -0.459 e. The van der Waals surface area contributed by atoms with Crippen LogP contribution in [0.4, 0.5) is 0 Å². The molecular formula is C20H27ClO6. The normalized spacial score (nSPS) is 39.1. The van der Waals surface area contributed by atoms with Crippen molar-refractivity contribution >= 4 is 23.4 Å². The van der Waals surface area contributed by atoms with Gasteiger partial charge in [0, 0.05) is 11.5 Å². The maximum absolute atomic E-state index is 12.3. The monoisotopic (exact) mass is 398 g/mol. The highest BCUT2D eigenvalue weighted by Crippen LogP contribution is 2.35. The summed E-state index contributed by atoms with van der Waals surface area (Å²) in [6.07, 6.45) is 4.64. The Morgan fingerprint density at radius 1 is 1.19 bits per heavy atom. The maximum Gasteiger partial charge on any atom is 0.314 e. The highest BCUT2D eigenvalue weighted by atomic mass is 35.5. The Kier molecular flexibility index (Phi) is 6.41. The molecule has 6 nitrogen and oxygen atoms in total. The number of fused-ring (bicyclic) bond motifs is 2. The number of esters is 1. The van der Waals surface area contributed by atoms with Crippen molar-refractivity contribution in [2.24, 2.45) is 0 Å². The molecule has 2 bridgehead atoms. The predicted molar refractivity (Wildman–Crippen MR) is 99.2 cm³/mol. The topological polar surface area (TPSA) is 71.1 Å². The van der Waals surface area contributed by atoms with Crippen molar-refractivity contribution < 1.29 is 28.5 Å². The summed E-state index contributed by atoms with van der Waals surface area (Å²) in [4.78, 5) is 24.5. The number of allylic oxidation sites excluding steroid dienone is 4. The molecule has 0 radical (unpaired) electrons. The molecule has 0 aromatic rings. The van der Waals surface area contributed by atoms with Gasteiger partial charge in [0.1, 0.15) is 24.7 Å². The molecule has 0 aliphatic carbocycles. The van der Waals surface area contributed by atoms with E-state index in [4.69, 9.17) is 30.5 Å². The molecule has 0 unspecified atom stereocenters. The molecule has 7 heteroatoms. The molecule has 2 fully saturated rings. The van der Waals surface area contributed by atoms with Crippen LogP contribution in [0.25, 0.3) is 0 Å². The number of halogens is 1. The number of ketones is 1. The highest BCUT2D eigenvalue weighted by Gasteiger charge is 2.47. The van der Waals surface area contributed by atoms with Crippen LogP contribution in [0.5, 0.6) is 0 Å². The van der Waals surface area contributed by atoms with Gasteiger partial charge in [0.2, 0.25) is 0 Å². The number of rotatable bonds is 1. The summed E-state index contributed by atoms with van der Waals surface area (Å²) in [6.45, 7) is 5.76. The SMILES string of the molecule is C/C1=C\C/C=C(/Cl)CC[C@H]2C[C@@H](OC(=O)CC1=O)[C@@H]([C@@H]1COC(C)(C)O1)O2. The Hall–Kier alpha value is -1.21. The Labute approximate surface area is 164 Å². The Bertz CT molecular complexity index is 653. The van der Waals surface area contributed by atoms with E-state index >= 15 is 0 Å². The lowest BCUT2D eigenvalue weighted by molar-refractivity contribution is -0.170. The fourth-order valence-electron chi connectivity index (χ4n) is 3.62. The van der Waals surface area contributed by atoms with E-state index in [2.05, 4.69) is 0 Å². The van der Waals surface area contributed by atoms with Crippen LogP contribution in [0.15, 0.2) is 22.8 Å². The summed E-state index contributed by atoms with van der Waals surface area (Å²) in [6, 6.07) is 0. The number of carbonyl (C=O) groups is 2. The van der Waals surface area contributed by atoms with Gasteiger partial charge in [0.15, 0.2) is 11.6 Å². The van der Waals surface area contributed by atoms with Crippen molar-refractivity contribution in [3.8, 4) is 0 Å². The fraction of sp³-hybridized carbons (Fsp3) is 0.700. The summed E-state index contributed by atoms with van der Waals surface area (Å²) < 4.78 is 23.3. The molecule has 3 heterocycles. The zero-order valence-electron chi connectivity index (χ0n) is 16.0. The van der Waals surface area contributed by atoms with Crippen LogP contribution in [0.2, 0.25) is 0 Å². The van der Waals surface area contributed by atoms with Gasteiger partial charge in [-0.05, 0) is 45.6 Å². The van der Waals surface area contributed by atoms with Crippen molar-refractivity contribution in [1.29, 1.82) is 0 Å². The Morgan fingerprint density at radius 2 is 1.96 bits per heavy atom. The molecule has 27 heavy (non-hydrogen) atoms. The molecule has 0 aromatic carbocycles. The zero-order chi connectivity index (χ0) is 19.6. The van der Waals surface area contributed by atoms with Crippen LogP contribution >= 0.6 is 11.6 Å². The molecule has 0 saturated carbocycles. The molecule has 2 saturated heterocycles. The smallest absolute Gasteiger partial charge is 0.314 e. The number of ether oxygens (including phenoxy) is 4. The average Bonchev–Trinajstić information content (AvgIpc) is 3.14. The molecule has 150 valence electrons. The third-order valence-corrected chi connectivity index (χ3v) is 5.45. The lowest BCUT2D eigenvalue weighted by Crippen LogP contribution is -2.40. The number of carbonyl (C=O) groups excluding carboxylic acids is 2. The van der Waals surface area contributed by atoms with Gasteiger partial charge in [-0.25, -0.2) is 0 Å². The fourth-order valence-corrected chi connectivity index (χ4v) is 3.82. The second-order valence-electron chi connectivity index (χ2n) is 7.77. The van der Waals surface area contributed by atoms with E-state index in [1.807, 2.05) is 19.9 Å². The first-order valence-electron chi connectivity index (χ1n) is 9.45. The quantitative estimate of drug-likeness (QED) is 0.498. The van der Waals surface area contributed by atoms with Crippen LogP contribution < -0.4 is 0 Å². The molecule has 4 atom stereocenters.